The molecule has 1 aliphatic rings. The maximum absolute atomic E-state index is 13.0. The van der Waals surface area contributed by atoms with Crippen molar-refractivity contribution in [1.82, 2.24) is 0 Å². The molecule has 0 amide bonds. The lowest BCUT2D eigenvalue weighted by Gasteiger charge is -2.37. The standard InChI is InChI=1S/C8H7F7O/c1-4-2-5(16-4)3-6(9,7(10,11)12)8(13,14)15/h5H,1-3H2. The SMILES string of the molecule is C=C1CC(CC(F)(C(F)(F)F)C(F)(F)F)O1. The normalized spacial score (nSPS) is 22.7. The average molecular weight is 252 g/mol. The van der Waals surface area contributed by atoms with Gasteiger partial charge in [-0.2, -0.15) is 26.3 Å². The number of hydrogen-bond acceptors (Lipinski definition) is 1. The highest BCUT2D eigenvalue weighted by Crippen LogP contribution is 2.50. The first kappa shape index (κ1) is 13.1. The van der Waals surface area contributed by atoms with E-state index in [-0.39, 0.29) is 12.2 Å². The molecule has 1 rings (SSSR count). The minimum Gasteiger partial charge on any atom is -0.495 e. The Labute approximate surface area is 85.9 Å². The number of rotatable bonds is 2. The van der Waals surface area contributed by atoms with Crippen LogP contribution in [0.1, 0.15) is 12.8 Å². The molecule has 0 radical (unpaired) electrons. The van der Waals surface area contributed by atoms with Crippen molar-refractivity contribution in [1.29, 1.82) is 0 Å². The molecule has 0 aromatic heterocycles. The summed E-state index contributed by atoms with van der Waals surface area (Å²) in [6, 6.07) is 0. The third-order valence-corrected chi connectivity index (χ3v) is 2.20. The highest BCUT2D eigenvalue weighted by molar-refractivity contribution is 5.04. The zero-order chi connectivity index (χ0) is 12.8. The molecule has 1 unspecified atom stereocenters. The molecule has 1 nitrogen and oxygen atoms in total. The maximum atomic E-state index is 13.0. The van der Waals surface area contributed by atoms with Gasteiger partial charge in [-0.05, 0) is 0 Å². The summed E-state index contributed by atoms with van der Waals surface area (Å²) in [5.74, 6) is 0.0525. The lowest BCUT2D eigenvalue weighted by molar-refractivity contribution is -0.349. The summed E-state index contributed by atoms with van der Waals surface area (Å²) in [6.07, 6.45) is -15.4. The van der Waals surface area contributed by atoms with Crippen LogP contribution in [0.4, 0.5) is 30.7 Å². The lowest BCUT2D eigenvalue weighted by atomic mass is 9.92. The van der Waals surface area contributed by atoms with E-state index in [0.717, 1.165) is 0 Å². The fourth-order valence-electron chi connectivity index (χ4n) is 1.30. The van der Waals surface area contributed by atoms with Crippen LogP contribution >= 0.6 is 0 Å². The van der Waals surface area contributed by atoms with Crippen LogP contribution in [0.25, 0.3) is 0 Å². The topological polar surface area (TPSA) is 9.23 Å². The van der Waals surface area contributed by atoms with Gasteiger partial charge in [0, 0.05) is 12.8 Å². The van der Waals surface area contributed by atoms with E-state index in [1.165, 1.54) is 0 Å². The fourth-order valence-corrected chi connectivity index (χ4v) is 1.30. The molecule has 16 heavy (non-hydrogen) atoms. The Balaban J connectivity index is 2.84. The fraction of sp³-hybridized carbons (Fsp3) is 0.750. The predicted octanol–water partition coefficient (Wildman–Crippen LogP) is 3.51. The quantitative estimate of drug-likeness (QED) is 0.683. The van der Waals surface area contributed by atoms with Crippen molar-refractivity contribution < 1.29 is 35.5 Å². The van der Waals surface area contributed by atoms with E-state index >= 15 is 0 Å². The Morgan fingerprint density at radius 3 is 1.69 bits per heavy atom. The molecular formula is C8H7F7O. The Hall–Kier alpha value is -0.950. The molecule has 1 atom stereocenters. The first-order valence-electron chi connectivity index (χ1n) is 4.14. The molecule has 0 aliphatic carbocycles. The van der Waals surface area contributed by atoms with Gasteiger partial charge in [-0.3, -0.25) is 0 Å². The summed E-state index contributed by atoms with van der Waals surface area (Å²) in [5, 5.41) is 0. The average Bonchev–Trinajstić information content (AvgIpc) is 1.96. The molecule has 0 aromatic carbocycles. The summed E-state index contributed by atoms with van der Waals surface area (Å²) in [7, 11) is 0. The third kappa shape index (κ3) is 2.10. The van der Waals surface area contributed by atoms with Crippen molar-refractivity contribution in [3.63, 3.8) is 0 Å². The molecule has 94 valence electrons. The molecule has 8 heteroatoms. The van der Waals surface area contributed by atoms with Gasteiger partial charge in [-0.15, -0.1) is 0 Å². The van der Waals surface area contributed by atoms with Gasteiger partial charge in [0.25, 0.3) is 0 Å². The molecule has 1 heterocycles. The van der Waals surface area contributed by atoms with Crippen molar-refractivity contribution in [3.8, 4) is 0 Å². The highest BCUT2D eigenvalue weighted by Gasteiger charge is 2.73. The summed E-state index contributed by atoms with van der Waals surface area (Å²) in [6.45, 7) is 3.16. The first-order valence-corrected chi connectivity index (χ1v) is 4.14. The van der Waals surface area contributed by atoms with E-state index in [4.69, 9.17) is 0 Å². The second kappa shape index (κ2) is 3.53. The highest BCUT2D eigenvalue weighted by atomic mass is 19.4. The summed E-state index contributed by atoms with van der Waals surface area (Å²) in [5.41, 5.74) is -5.23. The van der Waals surface area contributed by atoms with Crippen molar-refractivity contribution >= 4 is 0 Å². The van der Waals surface area contributed by atoms with Crippen LogP contribution in [-0.4, -0.2) is 24.1 Å². The van der Waals surface area contributed by atoms with Crippen LogP contribution < -0.4 is 0 Å². The smallest absolute Gasteiger partial charge is 0.431 e. The minimum absolute atomic E-state index is 0.0525. The molecule has 0 bridgehead atoms. The Morgan fingerprint density at radius 2 is 1.44 bits per heavy atom. The predicted molar refractivity (Wildman–Crippen MR) is 39.2 cm³/mol. The molecular weight excluding hydrogens is 245 g/mol. The molecule has 0 spiro atoms. The van der Waals surface area contributed by atoms with E-state index in [1.54, 1.807) is 0 Å². The molecule has 0 saturated carbocycles. The summed E-state index contributed by atoms with van der Waals surface area (Å²) < 4.78 is 89.7. The first-order chi connectivity index (χ1) is 6.97. The van der Waals surface area contributed by atoms with E-state index in [2.05, 4.69) is 11.3 Å². The van der Waals surface area contributed by atoms with Crippen molar-refractivity contribution in [2.24, 2.45) is 0 Å². The van der Waals surface area contributed by atoms with Gasteiger partial charge in [-0.1, -0.05) is 6.58 Å². The molecule has 1 aliphatic heterocycles. The van der Waals surface area contributed by atoms with Gasteiger partial charge in [0.1, 0.15) is 6.10 Å². The number of hydrogen-bond donors (Lipinski definition) is 0. The molecule has 1 saturated heterocycles. The number of halogens is 7. The molecule has 0 aromatic rings. The van der Waals surface area contributed by atoms with Gasteiger partial charge in [-0.25, -0.2) is 4.39 Å². The van der Waals surface area contributed by atoms with Crippen LogP contribution in [0.15, 0.2) is 12.3 Å². The molecule has 0 N–H and O–H groups in total. The second-order valence-electron chi connectivity index (χ2n) is 3.48. The van der Waals surface area contributed by atoms with E-state index in [0.29, 0.717) is 0 Å². The monoisotopic (exact) mass is 252 g/mol. The van der Waals surface area contributed by atoms with Crippen molar-refractivity contribution in [2.75, 3.05) is 0 Å². The van der Waals surface area contributed by atoms with E-state index in [1.807, 2.05) is 0 Å². The van der Waals surface area contributed by atoms with Crippen molar-refractivity contribution in [3.05, 3.63) is 12.3 Å². The lowest BCUT2D eigenvalue weighted by Crippen LogP contribution is -2.56. The Bertz CT molecular complexity index is 268. The van der Waals surface area contributed by atoms with Crippen LogP contribution in [0, 0.1) is 0 Å². The van der Waals surface area contributed by atoms with Gasteiger partial charge in [0.2, 0.25) is 0 Å². The zero-order valence-corrected chi connectivity index (χ0v) is 7.75. The van der Waals surface area contributed by atoms with E-state index in [9.17, 15) is 30.7 Å². The van der Waals surface area contributed by atoms with Crippen LogP contribution in [0.5, 0.6) is 0 Å². The van der Waals surface area contributed by atoms with E-state index < -0.39 is 30.5 Å². The van der Waals surface area contributed by atoms with Gasteiger partial charge in [0.05, 0.1) is 5.76 Å². The number of alkyl halides is 7. The van der Waals surface area contributed by atoms with Gasteiger partial charge >= 0.3 is 18.0 Å². The Kier molecular flexibility index (Phi) is 2.89. The summed E-state index contributed by atoms with van der Waals surface area (Å²) >= 11 is 0. The second-order valence-corrected chi connectivity index (χ2v) is 3.48. The third-order valence-electron chi connectivity index (χ3n) is 2.20. The Morgan fingerprint density at radius 1 is 1.06 bits per heavy atom. The van der Waals surface area contributed by atoms with Crippen LogP contribution in [-0.2, 0) is 4.74 Å². The molecule has 1 fully saturated rings. The maximum Gasteiger partial charge on any atom is 0.431 e. The van der Waals surface area contributed by atoms with Crippen LogP contribution in [0.2, 0.25) is 0 Å². The van der Waals surface area contributed by atoms with Gasteiger partial charge in [0.15, 0.2) is 0 Å². The van der Waals surface area contributed by atoms with Gasteiger partial charge < -0.3 is 4.74 Å². The minimum atomic E-state index is -6.01. The van der Waals surface area contributed by atoms with Crippen molar-refractivity contribution in [2.45, 2.75) is 37.0 Å². The largest absolute Gasteiger partial charge is 0.495 e. The van der Waals surface area contributed by atoms with Crippen LogP contribution in [0.3, 0.4) is 0 Å². The number of ether oxygens (including phenoxy) is 1. The zero-order valence-electron chi connectivity index (χ0n) is 7.75. The summed E-state index contributed by atoms with van der Waals surface area (Å²) in [4.78, 5) is 0.